The highest BCUT2D eigenvalue weighted by atomic mass is 19.1. The summed E-state index contributed by atoms with van der Waals surface area (Å²) in [5.41, 5.74) is 2.83. The third kappa shape index (κ3) is 4.14. The largest absolute Gasteiger partial charge is 0.370 e. The van der Waals surface area contributed by atoms with E-state index < -0.39 is 17.9 Å². The lowest BCUT2D eigenvalue weighted by atomic mass is 9.70. The van der Waals surface area contributed by atoms with Gasteiger partial charge in [0.25, 0.3) is 5.91 Å². The molecule has 0 radical (unpaired) electrons. The normalized spacial score (nSPS) is 21.9. The number of carbonyl (C=O) groups excluding carboxylic acids is 1. The minimum absolute atomic E-state index is 0.0486. The number of aliphatic hydroxyl groups is 1. The third-order valence-electron chi connectivity index (χ3n) is 6.32. The van der Waals surface area contributed by atoms with Crippen molar-refractivity contribution in [1.82, 2.24) is 15.6 Å². The first-order valence-corrected chi connectivity index (χ1v) is 10.8. The van der Waals surface area contributed by atoms with Crippen molar-refractivity contribution < 1.29 is 23.1 Å². The number of dihydropyridines is 1. The number of nitrogens with one attached hydrogen (secondary N) is 3. The monoisotopic (exact) mass is 453 g/mol. The minimum Gasteiger partial charge on any atom is -0.370 e. The van der Waals surface area contributed by atoms with Gasteiger partial charge in [0.05, 0.1) is 16.8 Å². The summed E-state index contributed by atoms with van der Waals surface area (Å²) in [6.45, 7) is 0.472. The minimum atomic E-state index is -0.796. The molecule has 1 aliphatic carbocycles. The molecule has 1 amide bonds. The third-order valence-corrected chi connectivity index (χ3v) is 6.32. The van der Waals surface area contributed by atoms with Crippen LogP contribution in [0.1, 0.15) is 24.3 Å². The number of halogens is 3. The molecule has 3 aromatic rings. The van der Waals surface area contributed by atoms with E-state index in [2.05, 4.69) is 15.6 Å². The zero-order valence-corrected chi connectivity index (χ0v) is 17.5. The number of fused-ring (bicyclic) bond motifs is 1. The average molecular weight is 453 g/mol. The van der Waals surface area contributed by atoms with Crippen molar-refractivity contribution in [3.8, 4) is 11.3 Å². The van der Waals surface area contributed by atoms with Crippen LogP contribution in [0.25, 0.3) is 22.2 Å². The van der Waals surface area contributed by atoms with Crippen molar-refractivity contribution in [1.29, 1.82) is 0 Å². The van der Waals surface area contributed by atoms with Gasteiger partial charge in [-0.05, 0) is 78.3 Å². The van der Waals surface area contributed by atoms with Gasteiger partial charge in [0, 0.05) is 24.2 Å². The maximum Gasteiger partial charge on any atom is 0.252 e. The maximum atomic E-state index is 14.5. The van der Waals surface area contributed by atoms with Crippen LogP contribution in [0.5, 0.6) is 0 Å². The maximum absolute atomic E-state index is 14.5. The van der Waals surface area contributed by atoms with Crippen LogP contribution in [0.3, 0.4) is 0 Å². The van der Waals surface area contributed by atoms with Crippen molar-refractivity contribution in [2.75, 3.05) is 6.54 Å². The SMILES string of the molecule is O=C(NC[C@H]1C[C@H](c2c(-c3ccc(F)cc3)[nH]c3c(F)cc(F)cc32)C1)C1=CNC(O)C=C1. The smallest absolute Gasteiger partial charge is 0.252 e. The number of hydrogen-bond acceptors (Lipinski definition) is 3. The van der Waals surface area contributed by atoms with Gasteiger partial charge in [-0.3, -0.25) is 4.79 Å². The molecule has 0 spiro atoms. The van der Waals surface area contributed by atoms with Crippen LogP contribution in [0.15, 0.2) is 60.3 Å². The highest BCUT2D eigenvalue weighted by molar-refractivity contribution is 5.96. The molecule has 2 aromatic carbocycles. The first kappa shape index (κ1) is 21.3. The van der Waals surface area contributed by atoms with Gasteiger partial charge >= 0.3 is 0 Å². The van der Waals surface area contributed by atoms with Crippen LogP contribution in [-0.2, 0) is 4.79 Å². The zero-order chi connectivity index (χ0) is 23.1. The Morgan fingerprint density at radius 2 is 1.85 bits per heavy atom. The molecule has 4 N–H and O–H groups in total. The fraction of sp³-hybridized carbons (Fsp3) is 0.240. The zero-order valence-electron chi connectivity index (χ0n) is 17.5. The van der Waals surface area contributed by atoms with Gasteiger partial charge in [0.1, 0.15) is 23.7 Å². The molecule has 1 fully saturated rings. The van der Waals surface area contributed by atoms with E-state index in [-0.39, 0.29) is 29.1 Å². The number of aromatic amines is 1. The summed E-state index contributed by atoms with van der Waals surface area (Å²) in [6, 6.07) is 8.08. The van der Waals surface area contributed by atoms with Crippen LogP contribution < -0.4 is 10.6 Å². The molecular formula is C25H22F3N3O2. The molecule has 170 valence electrons. The van der Waals surface area contributed by atoms with E-state index in [4.69, 9.17) is 0 Å². The molecule has 1 aliphatic heterocycles. The van der Waals surface area contributed by atoms with E-state index in [9.17, 15) is 23.1 Å². The van der Waals surface area contributed by atoms with Crippen molar-refractivity contribution in [2.45, 2.75) is 25.0 Å². The first-order valence-electron chi connectivity index (χ1n) is 10.8. The molecule has 1 atom stereocenters. The Morgan fingerprint density at radius 3 is 2.55 bits per heavy atom. The van der Waals surface area contributed by atoms with Crippen LogP contribution in [0.2, 0.25) is 0 Å². The Bertz CT molecular complexity index is 1270. The molecule has 5 nitrogen and oxygen atoms in total. The molecule has 0 saturated heterocycles. The number of aliphatic hydroxyl groups excluding tert-OH is 1. The summed E-state index contributed by atoms with van der Waals surface area (Å²) < 4.78 is 42.0. The van der Waals surface area contributed by atoms with Gasteiger partial charge in [-0.25, -0.2) is 13.2 Å². The van der Waals surface area contributed by atoms with Crippen LogP contribution in [0, 0.1) is 23.4 Å². The predicted molar refractivity (Wildman–Crippen MR) is 118 cm³/mol. The van der Waals surface area contributed by atoms with Gasteiger partial charge in [-0.15, -0.1) is 0 Å². The lowest BCUT2D eigenvalue weighted by molar-refractivity contribution is -0.117. The first-order chi connectivity index (χ1) is 15.9. The summed E-state index contributed by atoms with van der Waals surface area (Å²) in [6.07, 6.45) is 5.20. The Labute approximate surface area is 188 Å². The van der Waals surface area contributed by atoms with Gasteiger partial charge in [0.15, 0.2) is 0 Å². The van der Waals surface area contributed by atoms with Gasteiger partial charge in [0.2, 0.25) is 0 Å². The summed E-state index contributed by atoms with van der Waals surface area (Å²) in [5.74, 6) is -1.67. The summed E-state index contributed by atoms with van der Waals surface area (Å²) in [7, 11) is 0. The second-order valence-corrected chi connectivity index (χ2v) is 8.55. The number of aromatic nitrogens is 1. The molecule has 0 bridgehead atoms. The quantitative estimate of drug-likeness (QED) is 0.467. The number of carbonyl (C=O) groups is 1. The standard InChI is InChI=1S/C25H22F3N3O2/c26-17-4-1-14(2-5-17)23-22(19-9-18(27)10-20(28)24(19)31-23)16-7-13(8-16)11-30-25(33)15-3-6-21(32)29-12-15/h1-6,9-10,12-13,16,21,29,31-32H,7-8,11H2,(H,30,33)/t13-,16-,21?. The molecular weight excluding hydrogens is 431 g/mol. The molecule has 1 unspecified atom stereocenters. The Morgan fingerprint density at radius 1 is 1.09 bits per heavy atom. The van der Waals surface area contributed by atoms with E-state index in [1.165, 1.54) is 30.5 Å². The Balaban J connectivity index is 1.35. The number of rotatable bonds is 5. The van der Waals surface area contributed by atoms with Crippen molar-refractivity contribution >= 4 is 16.8 Å². The number of benzene rings is 2. The molecule has 1 aromatic heterocycles. The van der Waals surface area contributed by atoms with Gasteiger partial charge < -0.3 is 20.7 Å². The molecule has 8 heteroatoms. The number of H-pyrrole nitrogens is 1. The lowest BCUT2D eigenvalue weighted by Gasteiger charge is -2.36. The second kappa shape index (κ2) is 8.44. The number of hydrogen-bond donors (Lipinski definition) is 4. The second-order valence-electron chi connectivity index (χ2n) is 8.55. The van der Waals surface area contributed by atoms with E-state index in [1.54, 1.807) is 18.2 Å². The van der Waals surface area contributed by atoms with Crippen LogP contribution in [-0.4, -0.2) is 28.8 Å². The highest BCUT2D eigenvalue weighted by Gasteiger charge is 2.35. The van der Waals surface area contributed by atoms with Crippen molar-refractivity contribution in [3.05, 3.63) is 83.3 Å². The van der Waals surface area contributed by atoms with Crippen LogP contribution >= 0.6 is 0 Å². The van der Waals surface area contributed by atoms with E-state index in [0.717, 1.165) is 24.5 Å². The summed E-state index contributed by atoms with van der Waals surface area (Å²) in [4.78, 5) is 15.4. The summed E-state index contributed by atoms with van der Waals surface area (Å²) in [5, 5.41) is 15.4. The Kier molecular flexibility index (Phi) is 5.46. The van der Waals surface area contributed by atoms with E-state index in [0.29, 0.717) is 28.8 Å². The topological polar surface area (TPSA) is 77.2 Å². The van der Waals surface area contributed by atoms with E-state index >= 15 is 0 Å². The van der Waals surface area contributed by atoms with Crippen molar-refractivity contribution in [3.63, 3.8) is 0 Å². The molecule has 33 heavy (non-hydrogen) atoms. The van der Waals surface area contributed by atoms with Gasteiger partial charge in [-0.1, -0.05) is 0 Å². The highest BCUT2D eigenvalue weighted by Crippen LogP contribution is 2.48. The molecule has 2 heterocycles. The molecule has 5 rings (SSSR count). The predicted octanol–water partition coefficient (Wildman–Crippen LogP) is 4.22. The lowest BCUT2D eigenvalue weighted by Crippen LogP contribution is -2.37. The van der Waals surface area contributed by atoms with Gasteiger partial charge in [-0.2, -0.15) is 0 Å². The fourth-order valence-electron chi connectivity index (χ4n) is 4.60. The van der Waals surface area contributed by atoms with Crippen molar-refractivity contribution in [2.24, 2.45) is 5.92 Å². The van der Waals surface area contributed by atoms with E-state index in [1.807, 2.05) is 0 Å². The summed E-state index contributed by atoms with van der Waals surface area (Å²) >= 11 is 0. The average Bonchev–Trinajstić information content (AvgIpc) is 3.13. The molecule has 1 saturated carbocycles. The Hall–Kier alpha value is -3.52. The number of amides is 1. The van der Waals surface area contributed by atoms with Crippen LogP contribution in [0.4, 0.5) is 13.2 Å². The molecule has 2 aliphatic rings. The fourth-order valence-corrected chi connectivity index (χ4v) is 4.60.